The molecule has 1 aliphatic carbocycles. The van der Waals surface area contributed by atoms with E-state index < -0.39 is 77.6 Å². The molecule has 0 unspecified atom stereocenters. The Morgan fingerprint density at radius 1 is 0.865 bits per heavy atom. The van der Waals surface area contributed by atoms with Gasteiger partial charge in [-0.3, -0.25) is 24.1 Å². The number of aromatic nitrogens is 2. The number of piperazine rings is 1. The summed E-state index contributed by atoms with van der Waals surface area (Å²) < 4.78 is 24.0. The molecule has 4 N–H and O–H groups in total. The third-order valence-electron chi connectivity index (χ3n) is 20.3. The van der Waals surface area contributed by atoms with E-state index in [1.165, 1.54) is 10.5 Å². The molecule has 17 nitrogen and oxygen atoms in total. The van der Waals surface area contributed by atoms with Crippen molar-refractivity contribution in [3.05, 3.63) is 101 Å². The number of methoxy groups -OCH3 is 2. The van der Waals surface area contributed by atoms with Crippen molar-refractivity contribution in [2.24, 2.45) is 35.5 Å². The number of esters is 1. The molecule has 4 aromatic rings. The fraction of sp³-hybridized carbons (Fsp3) is 0.606. The summed E-state index contributed by atoms with van der Waals surface area (Å²) in [6.45, 7) is 13.1. The van der Waals surface area contributed by atoms with Crippen LogP contribution in [-0.4, -0.2) is 165 Å². The van der Waals surface area contributed by atoms with Gasteiger partial charge in [0.15, 0.2) is 0 Å². The van der Waals surface area contributed by atoms with E-state index in [9.17, 15) is 39.3 Å². The van der Waals surface area contributed by atoms with E-state index in [0.29, 0.717) is 95.2 Å². The van der Waals surface area contributed by atoms with Crippen LogP contribution in [0.25, 0.3) is 33.3 Å². The number of H-pyrrole nitrogens is 1. The van der Waals surface area contributed by atoms with Gasteiger partial charge in [-0.2, -0.15) is 0 Å². The normalized spacial score (nSPS) is 31.1. The van der Waals surface area contributed by atoms with Crippen molar-refractivity contribution in [2.45, 2.75) is 186 Å². The Labute approximate surface area is 530 Å². The van der Waals surface area contributed by atoms with Crippen LogP contribution in [0.1, 0.15) is 143 Å². The van der Waals surface area contributed by atoms with E-state index in [-0.39, 0.29) is 62.0 Å². The van der Waals surface area contributed by atoms with Gasteiger partial charge in [0.2, 0.25) is 11.7 Å². The lowest BCUT2D eigenvalue weighted by molar-refractivity contribution is -0.287. The van der Waals surface area contributed by atoms with Gasteiger partial charge in [-0.05, 0) is 144 Å². The number of carbonyl (C=O) groups excluding carboxylic acids is 5. The fourth-order valence-corrected chi connectivity index (χ4v) is 14.7. The van der Waals surface area contributed by atoms with E-state index in [0.717, 1.165) is 70.5 Å². The van der Waals surface area contributed by atoms with Crippen LogP contribution in [0.4, 0.5) is 0 Å². The second kappa shape index (κ2) is 31.1. The average molecular weight is 1250 g/mol. The van der Waals surface area contributed by atoms with Gasteiger partial charge in [-0.15, -0.1) is 0 Å². The zero-order valence-corrected chi connectivity index (χ0v) is 54.1. The molecule has 2 bridgehead atoms. The number of ether oxygens (including phenoxy) is 4. The molecule has 4 fully saturated rings. The predicted octanol–water partition coefficient (Wildman–Crippen LogP) is 10.8. The van der Waals surface area contributed by atoms with Crippen molar-refractivity contribution in [2.75, 3.05) is 53.6 Å². The van der Waals surface area contributed by atoms with Gasteiger partial charge in [-0.25, -0.2) is 9.78 Å². The van der Waals surface area contributed by atoms with E-state index in [1.54, 1.807) is 21.1 Å². The summed E-state index contributed by atoms with van der Waals surface area (Å²) >= 11 is 6.33. The monoisotopic (exact) mass is 1250 g/mol. The highest BCUT2D eigenvalue weighted by Gasteiger charge is 2.55. The second-order valence-electron chi connectivity index (χ2n) is 26.4. The zero-order chi connectivity index (χ0) is 63.5. The number of aliphatic hydroxyl groups is 3. The average Bonchev–Trinajstić information content (AvgIpc) is 3.95. The first-order valence-electron chi connectivity index (χ1n) is 32.8. The Morgan fingerprint density at radius 3 is 2.36 bits per heavy atom. The van der Waals surface area contributed by atoms with E-state index >= 15 is 0 Å². The molecule has 89 heavy (non-hydrogen) atoms. The molecule has 0 radical (unpaired) electrons. The number of ketones is 2. The molecule has 9 rings (SSSR count). The Hall–Kier alpha value is -5.63. The number of allylic oxidation sites excluding steroid dienone is 3. The van der Waals surface area contributed by atoms with Crippen molar-refractivity contribution in [1.82, 2.24) is 24.7 Å². The lowest BCUT2D eigenvalue weighted by Crippen LogP contribution is -2.62. The Balaban J connectivity index is 0.861. The van der Waals surface area contributed by atoms with Crippen molar-refractivity contribution in [3.8, 4) is 22.3 Å². The van der Waals surface area contributed by atoms with Gasteiger partial charge in [0.05, 0.1) is 37.1 Å². The summed E-state index contributed by atoms with van der Waals surface area (Å²) in [4.78, 5) is 85.2. The summed E-state index contributed by atoms with van der Waals surface area (Å²) in [6, 6.07) is 17.5. The molecular formula is C71H96ClN5O12. The van der Waals surface area contributed by atoms with E-state index in [2.05, 4.69) is 53.2 Å². The van der Waals surface area contributed by atoms with Crippen LogP contribution < -0.4 is 0 Å². The minimum absolute atomic E-state index is 0.0372. The number of aromatic amines is 1. The molecular weight excluding hydrogens is 1150 g/mol. The summed E-state index contributed by atoms with van der Waals surface area (Å²) in [5, 5.41) is 36.7. The number of nitrogens with one attached hydrogen (secondary N) is 1. The van der Waals surface area contributed by atoms with E-state index in [4.69, 9.17) is 35.5 Å². The minimum atomic E-state index is -2.44. The molecule has 2 aromatic heterocycles. The van der Waals surface area contributed by atoms with Crippen molar-refractivity contribution < 1.29 is 58.2 Å². The maximum atomic E-state index is 14.8. The third kappa shape index (κ3) is 16.7. The van der Waals surface area contributed by atoms with Gasteiger partial charge in [0, 0.05) is 118 Å². The first-order valence-corrected chi connectivity index (χ1v) is 33.2. The van der Waals surface area contributed by atoms with Crippen molar-refractivity contribution >= 4 is 52.0 Å². The first-order chi connectivity index (χ1) is 42.8. The standard InChI is InChI=1S/C71H96ClN5O12/c1-8-48-22-26-63-65(87-7)35-46(4)71(85,89-63)67(82)69(83)77-27-12-11-17-59(77)70(84)88-43-58(45(3)34-50-21-25-60(78)64(36-50)86-6)47(5)61(79)39-62(80)53(33-44(2)32-48)14-9-10-18-66(81)76-30-28-75(29-31-76)42-49-19-23-51(24-20-49)54-38-56-57(41-74-68(56)73-40-54)52-15-13-16-55(72)37-52/h13,15-16,19-20,23-24,33-34,37-38,40-41,46-48,50,53,58-61,63-65,78-79,85H,8-12,14,17-18,21-22,25-32,35-36,39,42-43H2,1-7H3,(H,73,74)/b44-33+,45-34+/t46-,47+,48-,50+,53-,58-,59+,60-,61+,63-,64-,65+,71-/m1/s1. The molecule has 484 valence electrons. The number of unbranched alkanes of at least 4 members (excludes halogenated alkanes) is 1. The predicted molar refractivity (Wildman–Crippen MR) is 343 cm³/mol. The lowest BCUT2D eigenvalue weighted by Gasteiger charge is -2.45. The maximum absolute atomic E-state index is 14.8. The number of halogens is 1. The van der Waals surface area contributed by atoms with E-state index in [1.807, 2.05) is 68.4 Å². The van der Waals surface area contributed by atoms with Crippen LogP contribution in [0, 0.1) is 35.5 Å². The third-order valence-corrected chi connectivity index (χ3v) is 20.5. The number of Topliss-reactive ketones (excluding diaryl/α,β-unsaturated/α-hetero) is 2. The number of nitrogens with zero attached hydrogens (tertiary/aromatic N) is 4. The number of amides is 2. The Bertz CT molecular complexity index is 3140. The largest absolute Gasteiger partial charge is 0.464 e. The van der Waals surface area contributed by atoms with Gasteiger partial charge < -0.3 is 49.1 Å². The number of benzene rings is 2. The summed E-state index contributed by atoms with van der Waals surface area (Å²) in [5.74, 6) is -7.51. The summed E-state index contributed by atoms with van der Waals surface area (Å²) in [6.07, 6.45) is 12.9. The van der Waals surface area contributed by atoms with Crippen LogP contribution in [-0.2, 0) is 49.5 Å². The maximum Gasteiger partial charge on any atom is 0.328 e. The quantitative estimate of drug-likeness (QED) is 0.0399. The van der Waals surface area contributed by atoms with Crippen LogP contribution in [0.5, 0.6) is 0 Å². The molecule has 0 spiro atoms. The molecule has 6 heterocycles. The number of pyridine rings is 1. The molecule has 18 heteroatoms. The molecule has 3 saturated heterocycles. The van der Waals surface area contributed by atoms with Gasteiger partial charge in [-0.1, -0.05) is 105 Å². The lowest BCUT2D eigenvalue weighted by atomic mass is 9.78. The van der Waals surface area contributed by atoms with Crippen LogP contribution >= 0.6 is 11.6 Å². The SMILES string of the molecule is CC[C@@H]1CC[C@H]2O[C@@](O)(C(=O)C(=O)N3CCCC[C@H]3C(=O)OC[C@H](/C(C)=C/[C@@H]3CC[C@@H](O)[C@H](OC)C3)[C@H](C)[C@@H](O)CC(=O)[C@H](CCCCC(=O)N3CCN(Cc4ccc(-c5cnc6[nH]cc(-c7cccc(Cl)c7)c6c5)cc4)CC3)/C=C(\C)C1)[C@H](C)C[C@@H]2OC. The topological polar surface area (TPSA) is 221 Å². The molecule has 2 aromatic carbocycles. The molecule has 5 aliphatic rings. The smallest absolute Gasteiger partial charge is 0.328 e. The highest BCUT2D eigenvalue weighted by Crippen LogP contribution is 2.40. The highest BCUT2D eigenvalue weighted by atomic mass is 35.5. The molecule has 1 saturated carbocycles. The van der Waals surface area contributed by atoms with Crippen molar-refractivity contribution in [1.29, 1.82) is 0 Å². The Morgan fingerprint density at radius 2 is 1.63 bits per heavy atom. The minimum Gasteiger partial charge on any atom is -0.464 e. The second-order valence-corrected chi connectivity index (χ2v) is 26.8. The molecule has 13 atom stereocenters. The number of cyclic esters (lactones) is 1. The van der Waals surface area contributed by atoms with Gasteiger partial charge >= 0.3 is 5.97 Å². The number of fused-ring (bicyclic) bond motifs is 4. The summed E-state index contributed by atoms with van der Waals surface area (Å²) in [7, 11) is 3.16. The van der Waals surface area contributed by atoms with Crippen LogP contribution in [0.3, 0.4) is 0 Å². The number of hydrogen-bond acceptors (Lipinski definition) is 14. The Kier molecular flexibility index (Phi) is 23.7. The first kappa shape index (κ1) is 67.8. The molecule has 4 aliphatic heterocycles. The molecule has 2 amide bonds. The zero-order valence-electron chi connectivity index (χ0n) is 53.4. The van der Waals surface area contributed by atoms with Crippen LogP contribution in [0.2, 0.25) is 5.02 Å². The number of carbonyl (C=O) groups is 5. The number of aliphatic hydroxyl groups excluding tert-OH is 2. The fourth-order valence-electron chi connectivity index (χ4n) is 14.5. The van der Waals surface area contributed by atoms with Gasteiger partial charge in [0.1, 0.15) is 17.5 Å². The summed E-state index contributed by atoms with van der Waals surface area (Å²) in [5.41, 5.74) is 8.05. The number of rotatable bonds is 14. The highest BCUT2D eigenvalue weighted by molar-refractivity contribution is 6.39. The number of piperidine rings is 1. The van der Waals surface area contributed by atoms with Crippen LogP contribution in [0.15, 0.2) is 90.3 Å². The van der Waals surface area contributed by atoms with Gasteiger partial charge in [0.25, 0.3) is 11.7 Å². The number of hydrogen-bond donors (Lipinski definition) is 4. The van der Waals surface area contributed by atoms with Crippen molar-refractivity contribution in [3.63, 3.8) is 0 Å².